The lowest BCUT2D eigenvalue weighted by atomic mass is 10.2. The lowest BCUT2D eigenvalue weighted by molar-refractivity contribution is 0.640. The van der Waals surface area contributed by atoms with E-state index in [2.05, 4.69) is 0 Å². The molecule has 0 saturated carbocycles. The third-order valence-electron chi connectivity index (χ3n) is 1.77. The molecule has 13 heavy (non-hydrogen) atoms. The summed E-state index contributed by atoms with van der Waals surface area (Å²) in [7, 11) is 0. The van der Waals surface area contributed by atoms with Crippen LogP contribution in [0.25, 0.3) is 10.1 Å². The van der Waals surface area contributed by atoms with E-state index in [9.17, 15) is 4.39 Å². The van der Waals surface area contributed by atoms with Gasteiger partial charge < -0.3 is 0 Å². The zero-order valence-corrected chi connectivity index (χ0v) is 8.81. The summed E-state index contributed by atoms with van der Waals surface area (Å²) in [6.07, 6.45) is 0. The van der Waals surface area contributed by atoms with E-state index >= 15 is 0 Å². The molecule has 0 amide bonds. The fraction of sp³-hybridized carbons (Fsp3) is 0.111. The highest BCUT2D eigenvalue weighted by molar-refractivity contribution is 7.19. The van der Waals surface area contributed by atoms with Crippen LogP contribution in [-0.2, 0) is 5.88 Å². The lowest BCUT2D eigenvalue weighted by Gasteiger charge is -1.93. The lowest BCUT2D eigenvalue weighted by Crippen LogP contribution is -1.73. The second-order valence-electron chi connectivity index (χ2n) is 2.62. The first-order valence-electron chi connectivity index (χ1n) is 3.65. The van der Waals surface area contributed by atoms with Gasteiger partial charge in [-0.05, 0) is 18.2 Å². The first kappa shape index (κ1) is 9.25. The Morgan fingerprint density at radius 1 is 1.38 bits per heavy atom. The van der Waals surface area contributed by atoms with Gasteiger partial charge in [0.15, 0.2) is 0 Å². The van der Waals surface area contributed by atoms with Gasteiger partial charge in [-0.2, -0.15) is 0 Å². The van der Waals surface area contributed by atoms with E-state index in [1.165, 1.54) is 17.4 Å². The third kappa shape index (κ3) is 1.54. The topological polar surface area (TPSA) is 0 Å². The molecule has 0 saturated heterocycles. The fourth-order valence-corrected chi connectivity index (χ4v) is 2.62. The largest absolute Gasteiger partial charge is 0.206 e. The Kier molecular flexibility index (Phi) is 2.45. The average Bonchev–Trinajstić information content (AvgIpc) is 2.56. The Hall–Kier alpha value is -0.310. The minimum absolute atomic E-state index is 0.244. The van der Waals surface area contributed by atoms with E-state index in [1.807, 2.05) is 0 Å². The Bertz CT molecular complexity index is 411. The van der Waals surface area contributed by atoms with E-state index in [1.54, 1.807) is 12.1 Å². The van der Waals surface area contributed by atoms with Gasteiger partial charge in [0.25, 0.3) is 0 Å². The molecule has 0 unspecified atom stereocenters. The minimum Gasteiger partial charge on any atom is -0.206 e. The molecule has 0 bridgehead atoms. The molecule has 2 rings (SSSR count). The first-order valence-corrected chi connectivity index (χ1v) is 5.37. The Morgan fingerprint density at radius 2 is 2.15 bits per heavy atom. The van der Waals surface area contributed by atoms with Crippen molar-refractivity contribution in [2.45, 2.75) is 5.88 Å². The molecule has 2 aromatic rings. The van der Waals surface area contributed by atoms with Crippen LogP contribution < -0.4 is 0 Å². The molecule has 0 aliphatic carbocycles. The third-order valence-corrected chi connectivity index (χ3v) is 3.81. The van der Waals surface area contributed by atoms with E-state index in [-0.39, 0.29) is 5.82 Å². The van der Waals surface area contributed by atoms with Gasteiger partial charge in [0.05, 0.1) is 15.6 Å². The van der Waals surface area contributed by atoms with Gasteiger partial charge in [0.1, 0.15) is 5.82 Å². The summed E-state index contributed by atoms with van der Waals surface area (Å²) >= 11 is 13.0. The maximum absolute atomic E-state index is 13.2. The summed E-state index contributed by atoms with van der Waals surface area (Å²) in [6.45, 7) is 0. The zero-order valence-electron chi connectivity index (χ0n) is 6.48. The second kappa shape index (κ2) is 3.45. The smallest absolute Gasteiger partial charge is 0.131 e. The molecule has 0 atom stereocenters. The second-order valence-corrected chi connectivity index (χ2v) is 4.43. The summed E-state index contributed by atoms with van der Waals surface area (Å²) in [5.41, 5.74) is 0. The highest BCUT2D eigenvalue weighted by atomic mass is 35.5. The Morgan fingerprint density at radius 3 is 2.77 bits per heavy atom. The van der Waals surface area contributed by atoms with Gasteiger partial charge in [0, 0.05) is 10.3 Å². The van der Waals surface area contributed by atoms with Crippen LogP contribution >= 0.6 is 34.5 Å². The number of rotatable bonds is 1. The van der Waals surface area contributed by atoms with Gasteiger partial charge in [-0.3, -0.25) is 0 Å². The molecule has 68 valence electrons. The van der Waals surface area contributed by atoms with Gasteiger partial charge in [0.2, 0.25) is 0 Å². The predicted octanol–water partition coefficient (Wildman–Crippen LogP) is 4.43. The summed E-state index contributed by atoms with van der Waals surface area (Å²) in [4.78, 5) is 0.934. The molecule has 0 radical (unpaired) electrons. The van der Waals surface area contributed by atoms with Crippen LogP contribution in [0.3, 0.4) is 0 Å². The van der Waals surface area contributed by atoms with Crippen LogP contribution in [0.5, 0.6) is 0 Å². The molecule has 1 aromatic carbocycles. The molecule has 1 aromatic heterocycles. The normalized spacial score (nSPS) is 11.0. The first-order chi connectivity index (χ1) is 6.22. The van der Waals surface area contributed by atoms with E-state index in [0.29, 0.717) is 16.3 Å². The molecule has 1 heterocycles. The molecule has 4 heteroatoms. The van der Waals surface area contributed by atoms with E-state index in [4.69, 9.17) is 23.2 Å². The number of fused-ring (bicyclic) bond motifs is 1. The van der Waals surface area contributed by atoms with Crippen molar-refractivity contribution >= 4 is 44.6 Å². The number of halogens is 3. The van der Waals surface area contributed by atoms with Crippen LogP contribution in [0, 0.1) is 5.82 Å². The van der Waals surface area contributed by atoms with Gasteiger partial charge in [-0.15, -0.1) is 22.9 Å². The zero-order chi connectivity index (χ0) is 9.42. The van der Waals surface area contributed by atoms with Gasteiger partial charge in [-0.1, -0.05) is 11.6 Å². The number of hydrogen-bond donors (Lipinski definition) is 0. The maximum Gasteiger partial charge on any atom is 0.131 e. The SMILES string of the molecule is Fc1ccc(Cl)c2sc(CCl)cc12. The summed E-state index contributed by atoms with van der Waals surface area (Å²) in [6, 6.07) is 4.68. The molecule has 0 N–H and O–H groups in total. The van der Waals surface area contributed by atoms with Crippen LogP contribution in [0.2, 0.25) is 5.02 Å². The van der Waals surface area contributed by atoms with Crippen molar-refractivity contribution < 1.29 is 4.39 Å². The highest BCUT2D eigenvalue weighted by Gasteiger charge is 2.08. The standard InChI is InChI=1S/C9H5Cl2FS/c10-4-5-3-6-8(12)2-1-7(11)9(6)13-5/h1-3H,4H2. The van der Waals surface area contributed by atoms with Crippen molar-refractivity contribution in [2.75, 3.05) is 0 Å². The molecule has 0 spiro atoms. The van der Waals surface area contributed by atoms with Crippen molar-refractivity contribution in [3.8, 4) is 0 Å². The van der Waals surface area contributed by atoms with Crippen LogP contribution in [0.15, 0.2) is 18.2 Å². The molecule has 0 aliphatic heterocycles. The molecule has 0 aliphatic rings. The summed E-state index contributed by atoms with van der Waals surface area (Å²) in [5, 5.41) is 1.14. The van der Waals surface area contributed by atoms with E-state index in [0.717, 1.165) is 9.58 Å². The van der Waals surface area contributed by atoms with Gasteiger partial charge >= 0.3 is 0 Å². The van der Waals surface area contributed by atoms with Crippen LogP contribution in [0.4, 0.5) is 4.39 Å². The Balaban J connectivity index is 2.80. The average molecular weight is 235 g/mol. The van der Waals surface area contributed by atoms with Crippen molar-refractivity contribution in [1.29, 1.82) is 0 Å². The van der Waals surface area contributed by atoms with E-state index < -0.39 is 0 Å². The van der Waals surface area contributed by atoms with Crippen molar-refractivity contribution in [1.82, 2.24) is 0 Å². The summed E-state index contributed by atoms with van der Waals surface area (Å²) in [5.74, 6) is 0.154. The van der Waals surface area contributed by atoms with Crippen LogP contribution in [0.1, 0.15) is 4.88 Å². The fourth-order valence-electron chi connectivity index (χ4n) is 1.17. The molecule has 0 nitrogen and oxygen atoms in total. The van der Waals surface area contributed by atoms with Gasteiger partial charge in [-0.25, -0.2) is 4.39 Å². The molecule has 0 fully saturated rings. The number of benzene rings is 1. The number of alkyl halides is 1. The molecular formula is C9H5Cl2FS. The number of hydrogen-bond acceptors (Lipinski definition) is 1. The number of thiophene rings is 1. The predicted molar refractivity (Wildman–Crippen MR) is 56.4 cm³/mol. The van der Waals surface area contributed by atoms with Crippen molar-refractivity contribution in [3.63, 3.8) is 0 Å². The Labute approximate surface area is 88.9 Å². The highest BCUT2D eigenvalue weighted by Crippen LogP contribution is 2.34. The monoisotopic (exact) mass is 234 g/mol. The quantitative estimate of drug-likeness (QED) is 0.641. The molecular weight excluding hydrogens is 230 g/mol. The van der Waals surface area contributed by atoms with Crippen molar-refractivity contribution in [3.05, 3.63) is 33.9 Å². The van der Waals surface area contributed by atoms with Crippen LogP contribution in [-0.4, -0.2) is 0 Å². The van der Waals surface area contributed by atoms with Crippen molar-refractivity contribution in [2.24, 2.45) is 0 Å². The summed E-state index contributed by atoms with van der Waals surface area (Å²) < 4.78 is 14.0. The minimum atomic E-state index is -0.244. The maximum atomic E-state index is 13.2.